The summed E-state index contributed by atoms with van der Waals surface area (Å²) in [6.07, 6.45) is -3.65. The summed E-state index contributed by atoms with van der Waals surface area (Å²) in [4.78, 5) is 28.8. The van der Waals surface area contributed by atoms with Crippen molar-refractivity contribution in [3.8, 4) is 0 Å². The van der Waals surface area contributed by atoms with E-state index in [4.69, 9.17) is 28.9 Å². The lowest BCUT2D eigenvalue weighted by atomic mass is 9.79. The van der Waals surface area contributed by atoms with Crippen LogP contribution in [0.4, 0.5) is 23.2 Å². The Kier molecular flexibility index (Phi) is 7.05. The molecule has 2 aromatic carbocycles. The van der Waals surface area contributed by atoms with Gasteiger partial charge in [0.25, 0.3) is 5.91 Å². The summed E-state index contributed by atoms with van der Waals surface area (Å²) in [6, 6.07) is 5.35. The topological polar surface area (TPSA) is 66.6 Å². The van der Waals surface area contributed by atoms with Gasteiger partial charge in [-0.1, -0.05) is 43.1 Å². The predicted molar refractivity (Wildman–Crippen MR) is 130 cm³/mol. The third-order valence-electron chi connectivity index (χ3n) is 7.17. The lowest BCUT2D eigenvalue weighted by Gasteiger charge is -2.43. The lowest BCUT2D eigenvalue weighted by molar-refractivity contribution is -0.140. The van der Waals surface area contributed by atoms with Crippen LogP contribution in [-0.4, -0.2) is 42.4 Å². The number of nitrogens with two attached hydrogens (primary N) is 1. The zero-order valence-electron chi connectivity index (χ0n) is 19.6. The summed E-state index contributed by atoms with van der Waals surface area (Å²) in [5.74, 6) is -2.37. The van der Waals surface area contributed by atoms with Gasteiger partial charge in [0, 0.05) is 39.3 Å². The van der Waals surface area contributed by atoms with Crippen LogP contribution in [0.1, 0.15) is 53.7 Å². The second kappa shape index (κ2) is 9.50. The number of nitrogens with zero attached hydrogens (tertiary/aromatic N) is 2. The fourth-order valence-corrected chi connectivity index (χ4v) is 5.85. The van der Waals surface area contributed by atoms with Crippen molar-refractivity contribution in [1.29, 1.82) is 0 Å². The number of primary amides is 1. The molecule has 1 unspecified atom stereocenters. The number of fused-ring (bicyclic) bond motifs is 1. The van der Waals surface area contributed by atoms with E-state index in [1.807, 2.05) is 13.8 Å². The largest absolute Gasteiger partial charge is 0.416 e. The van der Waals surface area contributed by atoms with Crippen LogP contribution in [0.15, 0.2) is 30.3 Å². The Balaban J connectivity index is 1.86. The molecule has 1 saturated carbocycles. The summed E-state index contributed by atoms with van der Waals surface area (Å²) >= 11 is 12.1. The highest BCUT2D eigenvalue weighted by Gasteiger charge is 2.59. The Morgan fingerprint density at radius 1 is 1.17 bits per heavy atom. The molecule has 0 spiro atoms. The van der Waals surface area contributed by atoms with E-state index >= 15 is 4.39 Å². The fraction of sp³-hybridized carbons (Fsp3) is 0.440. The monoisotopic (exact) mass is 545 g/mol. The van der Waals surface area contributed by atoms with Gasteiger partial charge in [-0.3, -0.25) is 9.59 Å². The molecule has 1 aliphatic heterocycles. The highest BCUT2D eigenvalue weighted by atomic mass is 35.5. The summed E-state index contributed by atoms with van der Waals surface area (Å²) in [5.41, 5.74) is -1.54. The first-order valence-corrected chi connectivity index (χ1v) is 12.3. The Morgan fingerprint density at radius 3 is 2.33 bits per heavy atom. The number of rotatable bonds is 7. The van der Waals surface area contributed by atoms with Gasteiger partial charge >= 0.3 is 6.18 Å². The standard InChI is InChI=1S/C25H25Cl2F4N3O2/c1-3-33(4-2)16-7-13(8-16)12-34-20-10-14(22(32)35)9-18(25(29,30)31)21(20)24(28,23(34)36)17-6-5-15(26)11-19(17)27/h5-6,9-11,13,16H,3-4,7-8,12H2,1-2H3,(H2,32,35). The van der Waals surface area contributed by atoms with E-state index in [1.54, 1.807) is 0 Å². The number of alkyl halides is 4. The molecule has 0 radical (unpaired) electrons. The Hall–Kier alpha value is -2.36. The number of benzene rings is 2. The van der Waals surface area contributed by atoms with Gasteiger partial charge in [0.1, 0.15) is 0 Å². The number of carbonyl (C=O) groups is 2. The van der Waals surface area contributed by atoms with Crippen molar-refractivity contribution in [2.24, 2.45) is 11.7 Å². The second-order valence-electron chi connectivity index (χ2n) is 9.19. The van der Waals surface area contributed by atoms with Gasteiger partial charge in [-0.2, -0.15) is 13.2 Å². The van der Waals surface area contributed by atoms with Gasteiger partial charge in [-0.25, -0.2) is 4.39 Å². The first kappa shape index (κ1) is 26.7. The molecule has 1 heterocycles. The van der Waals surface area contributed by atoms with E-state index in [0.717, 1.165) is 30.1 Å². The Bertz CT molecular complexity index is 1210. The quantitative estimate of drug-likeness (QED) is 0.447. The fourth-order valence-electron chi connectivity index (χ4n) is 5.32. The van der Waals surface area contributed by atoms with Gasteiger partial charge in [0.15, 0.2) is 0 Å². The van der Waals surface area contributed by atoms with E-state index < -0.39 is 45.9 Å². The van der Waals surface area contributed by atoms with Crippen molar-refractivity contribution < 1.29 is 27.2 Å². The first-order valence-electron chi connectivity index (χ1n) is 11.6. The van der Waals surface area contributed by atoms with Crippen molar-refractivity contribution in [1.82, 2.24) is 4.90 Å². The molecule has 1 atom stereocenters. The number of hydrogen-bond donors (Lipinski definition) is 1. The molecule has 194 valence electrons. The smallest absolute Gasteiger partial charge is 0.366 e. The first-order chi connectivity index (χ1) is 16.8. The molecule has 2 N–H and O–H groups in total. The highest BCUT2D eigenvalue weighted by molar-refractivity contribution is 6.35. The number of amides is 2. The molecule has 36 heavy (non-hydrogen) atoms. The van der Waals surface area contributed by atoms with E-state index in [9.17, 15) is 22.8 Å². The minimum Gasteiger partial charge on any atom is -0.366 e. The normalized spacial score (nSPS) is 23.7. The molecular weight excluding hydrogens is 521 g/mol. The SMILES string of the molecule is CCN(CC)C1CC(CN2C(=O)C(F)(c3ccc(Cl)cc3Cl)c3c2cc(C(N)=O)cc3C(F)(F)F)C1. The van der Waals surface area contributed by atoms with Crippen LogP contribution in [-0.2, 0) is 16.6 Å². The van der Waals surface area contributed by atoms with E-state index in [1.165, 1.54) is 12.1 Å². The van der Waals surface area contributed by atoms with Crippen LogP contribution >= 0.6 is 23.2 Å². The molecule has 0 aromatic heterocycles. The summed E-state index contributed by atoms with van der Waals surface area (Å²) < 4.78 is 59.6. The molecule has 4 rings (SSSR count). The van der Waals surface area contributed by atoms with Gasteiger partial charge < -0.3 is 15.5 Å². The molecule has 2 aliphatic rings. The molecule has 0 saturated heterocycles. The number of hydrogen-bond acceptors (Lipinski definition) is 3. The van der Waals surface area contributed by atoms with Crippen LogP contribution in [0.5, 0.6) is 0 Å². The van der Waals surface area contributed by atoms with Crippen molar-refractivity contribution in [2.75, 3.05) is 24.5 Å². The molecule has 1 fully saturated rings. The maximum absolute atomic E-state index is 16.9. The number of carbonyl (C=O) groups excluding carboxylic acids is 2. The summed E-state index contributed by atoms with van der Waals surface area (Å²) in [7, 11) is 0. The molecule has 5 nitrogen and oxygen atoms in total. The van der Waals surface area contributed by atoms with Crippen molar-refractivity contribution in [3.63, 3.8) is 0 Å². The third-order valence-corrected chi connectivity index (χ3v) is 7.71. The van der Waals surface area contributed by atoms with Gasteiger partial charge in [-0.05, 0) is 56.1 Å². The second-order valence-corrected chi connectivity index (χ2v) is 10.0. The lowest BCUT2D eigenvalue weighted by Crippen LogP contribution is -2.49. The average Bonchev–Trinajstić information content (AvgIpc) is 2.98. The van der Waals surface area contributed by atoms with Crippen LogP contribution in [0.2, 0.25) is 10.0 Å². The maximum Gasteiger partial charge on any atom is 0.416 e. The van der Waals surface area contributed by atoms with Crippen molar-refractivity contribution >= 4 is 40.7 Å². The molecule has 1 aliphatic carbocycles. The highest BCUT2D eigenvalue weighted by Crippen LogP contribution is 2.54. The van der Waals surface area contributed by atoms with E-state index in [2.05, 4.69) is 4.90 Å². The summed E-state index contributed by atoms with van der Waals surface area (Å²) in [5, 5.41) is -0.157. The third kappa shape index (κ3) is 4.35. The molecular formula is C25H25Cl2F4N3O2. The average molecular weight is 546 g/mol. The zero-order chi connectivity index (χ0) is 26.6. The number of halogens is 6. The molecule has 2 aromatic rings. The van der Waals surface area contributed by atoms with Crippen LogP contribution in [0.3, 0.4) is 0 Å². The van der Waals surface area contributed by atoms with E-state index in [0.29, 0.717) is 18.9 Å². The Morgan fingerprint density at radius 2 is 1.81 bits per heavy atom. The van der Waals surface area contributed by atoms with Gasteiger partial charge in [0.2, 0.25) is 11.6 Å². The van der Waals surface area contributed by atoms with Crippen molar-refractivity contribution in [3.05, 3.63) is 62.6 Å². The van der Waals surface area contributed by atoms with Crippen LogP contribution in [0, 0.1) is 5.92 Å². The van der Waals surface area contributed by atoms with Gasteiger partial charge in [-0.15, -0.1) is 0 Å². The maximum atomic E-state index is 16.9. The number of anilines is 1. The van der Waals surface area contributed by atoms with Crippen LogP contribution < -0.4 is 10.6 Å². The van der Waals surface area contributed by atoms with Crippen molar-refractivity contribution in [2.45, 2.75) is 44.6 Å². The van der Waals surface area contributed by atoms with Crippen LogP contribution in [0.25, 0.3) is 0 Å². The van der Waals surface area contributed by atoms with Gasteiger partial charge in [0.05, 0.1) is 11.3 Å². The minimum absolute atomic E-state index is 0.00000687. The minimum atomic E-state index is -5.08. The predicted octanol–water partition coefficient (Wildman–Crippen LogP) is 5.79. The molecule has 2 amide bonds. The molecule has 11 heteroatoms. The summed E-state index contributed by atoms with van der Waals surface area (Å²) in [6.45, 7) is 5.76. The Labute approximate surface area is 216 Å². The van der Waals surface area contributed by atoms with E-state index in [-0.39, 0.29) is 34.2 Å². The zero-order valence-corrected chi connectivity index (χ0v) is 21.1. The molecule has 0 bridgehead atoms.